The molecule has 0 radical (unpaired) electrons. The average Bonchev–Trinajstić information content (AvgIpc) is 2.74. The molecule has 2 nitrogen and oxygen atoms in total. The van der Waals surface area contributed by atoms with Gasteiger partial charge < -0.3 is 9.31 Å². The second-order valence-electron chi connectivity index (χ2n) is 8.32. The molecular formula is C21H34BFO2. The molecule has 1 aliphatic rings. The SMILES string of the molecule is CCCCCCCCCc1ccc(B2OC(C)(C)C(C)(C)O2)c(F)c1. The molecule has 1 aromatic rings. The van der Waals surface area contributed by atoms with Crippen LogP contribution >= 0.6 is 0 Å². The lowest BCUT2D eigenvalue weighted by Crippen LogP contribution is -2.41. The van der Waals surface area contributed by atoms with E-state index < -0.39 is 18.3 Å². The van der Waals surface area contributed by atoms with Crippen LogP contribution in [0.2, 0.25) is 0 Å². The highest BCUT2D eigenvalue weighted by molar-refractivity contribution is 6.62. The van der Waals surface area contributed by atoms with Gasteiger partial charge in [0.2, 0.25) is 0 Å². The zero-order chi connectivity index (χ0) is 18.5. The van der Waals surface area contributed by atoms with Crippen molar-refractivity contribution in [2.75, 3.05) is 0 Å². The van der Waals surface area contributed by atoms with E-state index >= 15 is 0 Å². The van der Waals surface area contributed by atoms with Crippen molar-refractivity contribution in [3.63, 3.8) is 0 Å². The third-order valence-corrected chi connectivity index (χ3v) is 5.64. The Bertz CT molecular complexity index is 541. The number of rotatable bonds is 9. The highest BCUT2D eigenvalue weighted by Gasteiger charge is 2.52. The molecule has 4 heteroatoms. The quantitative estimate of drug-likeness (QED) is 0.438. The lowest BCUT2D eigenvalue weighted by molar-refractivity contribution is 0.00578. The molecule has 0 aliphatic carbocycles. The van der Waals surface area contributed by atoms with Crippen molar-refractivity contribution in [2.24, 2.45) is 0 Å². The maximum absolute atomic E-state index is 14.6. The summed E-state index contributed by atoms with van der Waals surface area (Å²) in [7, 11) is -0.627. The van der Waals surface area contributed by atoms with Gasteiger partial charge in [0, 0.05) is 5.46 Å². The Kier molecular flexibility index (Phi) is 7.10. The minimum atomic E-state index is -0.627. The number of benzene rings is 1. The third-order valence-electron chi connectivity index (χ3n) is 5.64. The van der Waals surface area contributed by atoms with Crippen molar-refractivity contribution in [1.29, 1.82) is 0 Å². The predicted molar refractivity (Wildman–Crippen MR) is 104 cm³/mol. The lowest BCUT2D eigenvalue weighted by atomic mass is 9.78. The molecule has 0 aromatic heterocycles. The molecule has 2 rings (SSSR count). The van der Waals surface area contributed by atoms with Gasteiger partial charge in [-0.05, 0) is 52.2 Å². The molecule has 0 saturated carbocycles. The fraction of sp³-hybridized carbons (Fsp3) is 0.714. The molecule has 0 bridgehead atoms. The van der Waals surface area contributed by atoms with Gasteiger partial charge in [-0.25, -0.2) is 4.39 Å². The molecule has 1 fully saturated rings. The summed E-state index contributed by atoms with van der Waals surface area (Å²) >= 11 is 0. The Hall–Kier alpha value is -0.865. The van der Waals surface area contributed by atoms with Gasteiger partial charge in [0.05, 0.1) is 11.2 Å². The van der Waals surface area contributed by atoms with Gasteiger partial charge in [-0.2, -0.15) is 0 Å². The molecule has 25 heavy (non-hydrogen) atoms. The minimum Gasteiger partial charge on any atom is -0.399 e. The van der Waals surface area contributed by atoms with Crippen molar-refractivity contribution in [2.45, 2.75) is 97.2 Å². The van der Waals surface area contributed by atoms with Gasteiger partial charge in [0.15, 0.2) is 0 Å². The summed E-state index contributed by atoms with van der Waals surface area (Å²) in [6.07, 6.45) is 9.87. The van der Waals surface area contributed by atoms with Crippen molar-refractivity contribution in [3.05, 3.63) is 29.6 Å². The van der Waals surface area contributed by atoms with Gasteiger partial charge in [0.25, 0.3) is 0 Å². The Labute approximate surface area is 153 Å². The van der Waals surface area contributed by atoms with E-state index in [9.17, 15) is 4.39 Å². The summed E-state index contributed by atoms with van der Waals surface area (Å²) in [6, 6.07) is 5.49. The van der Waals surface area contributed by atoms with Crippen molar-refractivity contribution in [3.8, 4) is 0 Å². The first-order valence-corrected chi connectivity index (χ1v) is 9.91. The normalized spacial score (nSPS) is 18.7. The van der Waals surface area contributed by atoms with Crippen LogP contribution in [0.1, 0.15) is 85.1 Å². The number of halogens is 1. The molecule has 1 heterocycles. The van der Waals surface area contributed by atoms with E-state index in [0.717, 1.165) is 18.4 Å². The summed E-state index contributed by atoms with van der Waals surface area (Å²) in [5, 5.41) is 0. The Morgan fingerprint density at radius 2 is 1.44 bits per heavy atom. The smallest absolute Gasteiger partial charge is 0.399 e. The first-order valence-electron chi connectivity index (χ1n) is 9.91. The Morgan fingerprint density at radius 3 is 2.00 bits per heavy atom. The molecule has 0 unspecified atom stereocenters. The first kappa shape index (κ1) is 20.4. The molecule has 1 aromatic carbocycles. The van der Waals surface area contributed by atoms with E-state index in [1.54, 1.807) is 6.07 Å². The van der Waals surface area contributed by atoms with Crippen LogP contribution in [-0.4, -0.2) is 18.3 Å². The molecule has 1 saturated heterocycles. The maximum atomic E-state index is 14.6. The molecule has 1 aliphatic heterocycles. The molecule has 0 amide bonds. The number of unbranched alkanes of at least 4 members (excludes halogenated alkanes) is 6. The molecule has 0 atom stereocenters. The van der Waals surface area contributed by atoms with Crippen LogP contribution in [0.4, 0.5) is 4.39 Å². The standard InChI is InChI=1S/C21H34BFO2/c1-6-7-8-9-10-11-12-13-17-14-15-18(19(23)16-17)22-24-20(2,3)21(4,5)25-22/h14-16H,6-13H2,1-5H3. The highest BCUT2D eigenvalue weighted by atomic mass is 19.1. The Balaban J connectivity index is 1.85. The zero-order valence-corrected chi connectivity index (χ0v) is 16.7. The first-order chi connectivity index (χ1) is 11.8. The van der Waals surface area contributed by atoms with E-state index in [4.69, 9.17) is 9.31 Å². The summed E-state index contributed by atoms with van der Waals surface area (Å²) in [4.78, 5) is 0. The second-order valence-corrected chi connectivity index (χ2v) is 8.32. The topological polar surface area (TPSA) is 18.5 Å². The van der Waals surface area contributed by atoms with Crippen LogP contribution in [0, 0.1) is 5.82 Å². The fourth-order valence-corrected chi connectivity index (χ4v) is 3.17. The van der Waals surface area contributed by atoms with Crippen LogP contribution in [-0.2, 0) is 15.7 Å². The van der Waals surface area contributed by atoms with Gasteiger partial charge in [-0.1, -0.05) is 57.6 Å². The molecular weight excluding hydrogens is 314 g/mol. The summed E-state index contributed by atoms with van der Waals surface area (Å²) in [6.45, 7) is 10.2. The molecule has 140 valence electrons. The van der Waals surface area contributed by atoms with E-state index in [0.29, 0.717) is 5.46 Å². The largest absolute Gasteiger partial charge is 0.497 e. The van der Waals surface area contributed by atoms with Crippen molar-refractivity contribution >= 4 is 12.6 Å². The van der Waals surface area contributed by atoms with Gasteiger partial charge >= 0.3 is 7.12 Å². The zero-order valence-electron chi connectivity index (χ0n) is 16.7. The van der Waals surface area contributed by atoms with E-state index in [1.165, 1.54) is 38.5 Å². The lowest BCUT2D eigenvalue weighted by Gasteiger charge is -2.32. The van der Waals surface area contributed by atoms with Crippen LogP contribution in [0.15, 0.2) is 18.2 Å². The summed E-state index contributed by atoms with van der Waals surface area (Å²) < 4.78 is 26.5. The summed E-state index contributed by atoms with van der Waals surface area (Å²) in [5.74, 6) is -0.223. The number of hydrogen-bond donors (Lipinski definition) is 0. The van der Waals surface area contributed by atoms with Crippen LogP contribution < -0.4 is 5.46 Å². The maximum Gasteiger partial charge on any atom is 0.497 e. The highest BCUT2D eigenvalue weighted by Crippen LogP contribution is 2.36. The van der Waals surface area contributed by atoms with Crippen LogP contribution in [0.5, 0.6) is 0 Å². The predicted octanol–water partition coefficient (Wildman–Crippen LogP) is 5.42. The fourth-order valence-electron chi connectivity index (χ4n) is 3.17. The minimum absolute atomic E-state index is 0.223. The van der Waals surface area contributed by atoms with Crippen molar-refractivity contribution in [1.82, 2.24) is 0 Å². The Morgan fingerprint density at radius 1 is 0.880 bits per heavy atom. The van der Waals surface area contributed by atoms with Crippen molar-refractivity contribution < 1.29 is 13.7 Å². The van der Waals surface area contributed by atoms with Gasteiger partial charge in [-0.15, -0.1) is 0 Å². The second kappa shape index (κ2) is 8.68. The van der Waals surface area contributed by atoms with Crippen LogP contribution in [0.3, 0.4) is 0 Å². The van der Waals surface area contributed by atoms with E-state index in [2.05, 4.69) is 6.92 Å². The summed E-state index contributed by atoms with van der Waals surface area (Å²) in [5.41, 5.74) is 0.675. The molecule has 0 N–H and O–H groups in total. The van der Waals surface area contributed by atoms with E-state index in [1.807, 2.05) is 39.8 Å². The third kappa shape index (κ3) is 5.31. The monoisotopic (exact) mass is 348 g/mol. The van der Waals surface area contributed by atoms with Crippen LogP contribution in [0.25, 0.3) is 0 Å². The number of aryl methyl sites for hydroxylation is 1. The average molecular weight is 348 g/mol. The van der Waals surface area contributed by atoms with Gasteiger partial charge in [-0.3, -0.25) is 0 Å². The van der Waals surface area contributed by atoms with E-state index in [-0.39, 0.29) is 5.82 Å². The van der Waals surface area contributed by atoms with Gasteiger partial charge in [0.1, 0.15) is 5.82 Å². The molecule has 0 spiro atoms. The number of hydrogen-bond acceptors (Lipinski definition) is 2.